The highest BCUT2D eigenvalue weighted by Gasteiger charge is 2.36. The third kappa shape index (κ3) is 4.07. The summed E-state index contributed by atoms with van der Waals surface area (Å²) in [5.41, 5.74) is 2.83. The Hall–Kier alpha value is -3.36. The average Bonchev–Trinajstić information content (AvgIpc) is 3.25. The number of carboxylic acid groups (broad SMARTS) is 1. The first-order valence-electron chi connectivity index (χ1n) is 11.7. The molecule has 9 heteroatoms. The van der Waals surface area contributed by atoms with Crippen LogP contribution in [-0.4, -0.2) is 51.9 Å². The summed E-state index contributed by atoms with van der Waals surface area (Å²) in [6, 6.07) is 5.37. The second-order valence-electron chi connectivity index (χ2n) is 9.42. The maximum atomic E-state index is 13.1. The lowest BCUT2D eigenvalue weighted by molar-refractivity contribution is -0.123. The molecule has 1 saturated heterocycles. The van der Waals surface area contributed by atoms with Crippen LogP contribution in [0.1, 0.15) is 51.5 Å². The second-order valence-corrected chi connectivity index (χ2v) is 9.42. The summed E-state index contributed by atoms with van der Waals surface area (Å²) in [5, 5.41) is 17.1. The molecule has 9 nitrogen and oxygen atoms in total. The van der Waals surface area contributed by atoms with Gasteiger partial charge in [-0.15, -0.1) is 0 Å². The molecular weight excluding hydrogens is 422 g/mol. The predicted octanol–water partition coefficient (Wildman–Crippen LogP) is 3.41. The summed E-state index contributed by atoms with van der Waals surface area (Å²) < 4.78 is 1.82. The Bertz CT molecular complexity index is 1090. The quantitative estimate of drug-likeness (QED) is 0.741. The van der Waals surface area contributed by atoms with Crippen LogP contribution in [0.15, 0.2) is 30.6 Å². The Morgan fingerprint density at radius 2 is 2.00 bits per heavy atom. The first-order chi connectivity index (χ1) is 15.9. The zero-order valence-corrected chi connectivity index (χ0v) is 18.7. The van der Waals surface area contributed by atoms with Gasteiger partial charge in [0.1, 0.15) is 0 Å². The molecule has 2 aliphatic heterocycles. The number of nitrogens with one attached hydrogen (secondary N) is 1. The molecule has 0 spiro atoms. The molecule has 3 heterocycles. The van der Waals surface area contributed by atoms with E-state index in [1.165, 1.54) is 11.3 Å². The molecule has 2 N–H and O–H groups in total. The Morgan fingerprint density at radius 1 is 1.18 bits per heavy atom. The van der Waals surface area contributed by atoms with Crippen molar-refractivity contribution in [2.45, 2.75) is 57.5 Å². The third-order valence-electron chi connectivity index (χ3n) is 7.13. The van der Waals surface area contributed by atoms with E-state index in [4.69, 9.17) is 0 Å². The van der Waals surface area contributed by atoms with Crippen molar-refractivity contribution in [3.8, 4) is 11.1 Å². The third-order valence-corrected chi connectivity index (χ3v) is 7.13. The number of carbonyl (C=O) groups is 3. The summed E-state index contributed by atoms with van der Waals surface area (Å²) in [7, 11) is 0. The van der Waals surface area contributed by atoms with Gasteiger partial charge in [-0.1, -0.05) is 12.5 Å². The fourth-order valence-corrected chi connectivity index (χ4v) is 5.09. The lowest BCUT2D eigenvalue weighted by atomic mass is 9.82. The van der Waals surface area contributed by atoms with Crippen LogP contribution in [0.5, 0.6) is 0 Å². The van der Waals surface area contributed by atoms with Crippen molar-refractivity contribution >= 4 is 29.3 Å². The Labute approximate surface area is 192 Å². The molecular formula is C24H29N5O4. The van der Waals surface area contributed by atoms with Gasteiger partial charge in [-0.05, 0) is 49.8 Å². The standard InChI is InChI=1S/C24H29N5O4/c1-15-13-27(24(32)33)21-10-17(5-6-20(21)29(15)23(31)9-16-3-2-4-16)18-12-26-28(14-18)19-7-8-25-22(30)11-19/h5-6,10,12,14-16,19H,2-4,7-9,11,13H2,1H3,(H,25,30)(H,32,33)/t15-,19?/m0/s1. The van der Waals surface area contributed by atoms with E-state index in [0.717, 1.165) is 30.4 Å². The zero-order chi connectivity index (χ0) is 23.1. The number of aromatic nitrogens is 2. The molecule has 2 atom stereocenters. The van der Waals surface area contributed by atoms with Gasteiger partial charge in [-0.3, -0.25) is 19.2 Å². The highest BCUT2D eigenvalue weighted by molar-refractivity contribution is 6.03. The van der Waals surface area contributed by atoms with Gasteiger partial charge in [-0.2, -0.15) is 5.10 Å². The molecule has 1 aromatic carbocycles. The van der Waals surface area contributed by atoms with Crippen LogP contribution in [0, 0.1) is 5.92 Å². The molecule has 2 fully saturated rings. The minimum absolute atomic E-state index is 0.0149. The molecule has 1 aromatic heterocycles. The topological polar surface area (TPSA) is 108 Å². The average molecular weight is 452 g/mol. The molecule has 174 valence electrons. The Morgan fingerprint density at radius 3 is 2.70 bits per heavy atom. The van der Waals surface area contributed by atoms with Crippen molar-refractivity contribution in [1.82, 2.24) is 15.1 Å². The number of piperidine rings is 1. The van der Waals surface area contributed by atoms with Gasteiger partial charge in [0.25, 0.3) is 0 Å². The van der Waals surface area contributed by atoms with E-state index >= 15 is 0 Å². The van der Waals surface area contributed by atoms with Gasteiger partial charge in [0.2, 0.25) is 11.8 Å². The zero-order valence-electron chi connectivity index (χ0n) is 18.7. The smallest absolute Gasteiger partial charge is 0.411 e. The molecule has 1 unspecified atom stereocenters. The number of hydrogen-bond acceptors (Lipinski definition) is 4. The lowest BCUT2D eigenvalue weighted by Gasteiger charge is -2.41. The van der Waals surface area contributed by atoms with Crippen LogP contribution in [0.2, 0.25) is 0 Å². The van der Waals surface area contributed by atoms with Crippen molar-refractivity contribution in [2.24, 2.45) is 5.92 Å². The monoisotopic (exact) mass is 451 g/mol. The van der Waals surface area contributed by atoms with Crippen LogP contribution >= 0.6 is 0 Å². The van der Waals surface area contributed by atoms with Gasteiger partial charge in [0.05, 0.1) is 29.7 Å². The first kappa shape index (κ1) is 21.5. The normalized spacial score (nSPS) is 23.0. The number of benzene rings is 1. The highest BCUT2D eigenvalue weighted by Crippen LogP contribution is 2.40. The second kappa shape index (κ2) is 8.53. The van der Waals surface area contributed by atoms with Crippen molar-refractivity contribution in [2.75, 3.05) is 22.9 Å². The van der Waals surface area contributed by atoms with Gasteiger partial charge in [0, 0.05) is 37.7 Å². The molecule has 1 saturated carbocycles. The summed E-state index contributed by atoms with van der Waals surface area (Å²) in [6.07, 6.45) is 7.70. The van der Waals surface area contributed by atoms with Gasteiger partial charge < -0.3 is 15.3 Å². The van der Waals surface area contributed by atoms with Crippen LogP contribution < -0.4 is 15.1 Å². The number of amides is 3. The van der Waals surface area contributed by atoms with Crippen molar-refractivity contribution in [3.05, 3.63) is 30.6 Å². The van der Waals surface area contributed by atoms with E-state index in [1.807, 2.05) is 36.0 Å². The highest BCUT2D eigenvalue weighted by atomic mass is 16.4. The molecule has 5 rings (SSSR count). The molecule has 33 heavy (non-hydrogen) atoms. The molecule has 0 radical (unpaired) electrons. The molecule has 1 aliphatic carbocycles. The van der Waals surface area contributed by atoms with E-state index in [2.05, 4.69) is 10.4 Å². The molecule has 0 bridgehead atoms. The van der Waals surface area contributed by atoms with Crippen molar-refractivity contribution in [3.63, 3.8) is 0 Å². The van der Waals surface area contributed by atoms with Gasteiger partial charge >= 0.3 is 6.09 Å². The van der Waals surface area contributed by atoms with Crippen LogP contribution in [0.3, 0.4) is 0 Å². The summed E-state index contributed by atoms with van der Waals surface area (Å²) >= 11 is 0. The number of rotatable bonds is 4. The summed E-state index contributed by atoms with van der Waals surface area (Å²) in [4.78, 5) is 40.0. The van der Waals surface area contributed by atoms with Crippen LogP contribution in [-0.2, 0) is 9.59 Å². The van der Waals surface area contributed by atoms with Crippen molar-refractivity contribution in [1.29, 1.82) is 0 Å². The van der Waals surface area contributed by atoms with E-state index in [1.54, 1.807) is 11.1 Å². The predicted molar refractivity (Wildman–Crippen MR) is 123 cm³/mol. The number of anilines is 2. The Kier molecular flexibility index (Phi) is 5.55. The summed E-state index contributed by atoms with van der Waals surface area (Å²) in [5.74, 6) is 0.530. The minimum atomic E-state index is -1.03. The van der Waals surface area contributed by atoms with E-state index in [9.17, 15) is 19.5 Å². The SMILES string of the molecule is C[C@H]1CN(C(=O)O)c2cc(-c3cnn(C4CCNC(=O)C4)c3)ccc2N1C(=O)CC1CCC1. The van der Waals surface area contributed by atoms with Crippen LogP contribution in [0.4, 0.5) is 16.2 Å². The van der Waals surface area contributed by atoms with Crippen molar-refractivity contribution < 1.29 is 19.5 Å². The fourth-order valence-electron chi connectivity index (χ4n) is 5.09. The number of hydrogen-bond donors (Lipinski definition) is 2. The lowest BCUT2D eigenvalue weighted by Crippen LogP contribution is -2.52. The maximum absolute atomic E-state index is 13.1. The largest absolute Gasteiger partial charge is 0.465 e. The Balaban J connectivity index is 1.46. The van der Waals surface area contributed by atoms with Gasteiger partial charge in [0.15, 0.2) is 0 Å². The number of carbonyl (C=O) groups excluding carboxylic acids is 2. The number of fused-ring (bicyclic) bond motifs is 1. The maximum Gasteiger partial charge on any atom is 0.411 e. The first-order valence-corrected chi connectivity index (χ1v) is 11.7. The molecule has 3 aliphatic rings. The minimum Gasteiger partial charge on any atom is -0.465 e. The number of nitrogens with zero attached hydrogens (tertiary/aromatic N) is 4. The van der Waals surface area contributed by atoms with E-state index < -0.39 is 6.09 Å². The molecule has 3 amide bonds. The van der Waals surface area contributed by atoms with Gasteiger partial charge in [-0.25, -0.2) is 4.79 Å². The van der Waals surface area contributed by atoms with Crippen LogP contribution in [0.25, 0.3) is 11.1 Å². The molecule has 2 aromatic rings. The summed E-state index contributed by atoms with van der Waals surface area (Å²) in [6.45, 7) is 2.77. The fraction of sp³-hybridized carbons (Fsp3) is 0.500. The van der Waals surface area contributed by atoms with E-state index in [-0.39, 0.29) is 30.4 Å². The van der Waals surface area contributed by atoms with E-state index in [0.29, 0.717) is 36.7 Å².